The number of carbonyl (C=O) groups is 3. The molecule has 0 aliphatic heterocycles. The van der Waals surface area contributed by atoms with Crippen LogP contribution in [0.25, 0.3) is 0 Å². The van der Waals surface area contributed by atoms with Crippen LogP contribution in [0.4, 0.5) is 10.5 Å². The van der Waals surface area contributed by atoms with E-state index in [9.17, 15) is 14.4 Å². The standard InChI is InChI=1S/C29H36ClN3O4/c1-7-9-10-18-33(24(34)19-31-28(36)37-29(4,5)6)26(22-16-14-21(8-2)15-17-22)27(35)32-25-20(3)12-11-13-23(25)30/h2,11-17,26H,7,9-10,18-19H2,1,3-6H3,(H,31,36)(H,32,35). The molecule has 2 rings (SSSR count). The second-order valence-corrected chi connectivity index (χ2v) is 10.1. The van der Waals surface area contributed by atoms with Crippen LogP contribution < -0.4 is 10.6 Å². The minimum absolute atomic E-state index is 0.319. The highest BCUT2D eigenvalue weighted by atomic mass is 35.5. The van der Waals surface area contributed by atoms with E-state index in [2.05, 4.69) is 23.5 Å². The Bertz CT molecular complexity index is 1110. The number of rotatable bonds is 10. The van der Waals surface area contributed by atoms with Crippen LogP contribution in [-0.4, -0.2) is 41.5 Å². The fourth-order valence-corrected chi connectivity index (χ4v) is 3.98. The Hall–Kier alpha value is -3.50. The lowest BCUT2D eigenvalue weighted by Gasteiger charge is -2.32. The maximum Gasteiger partial charge on any atom is 0.408 e. The molecular formula is C29H36ClN3O4. The first kappa shape index (κ1) is 29.7. The van der Waals surface area contributed by atoms with Gasteiger partial charge in [0.05, 0.1) is 10.7 Å². The first-order valence-corrected chi connectivity index (χ1v) is 12.7. The van der Waals surface area contributed by atoms with E-state index < -0.39 is 29.6 Å². The summed E-state index contributed by atoms with van der Waals surface area (Å²) in [5, 5.41) is 5.81. The Kier molecular flexibility index (Phi) is 11.0. The molecule has 3 amide bonds. The summed E-state index contributed by atoms with van der Waals surface area (Å²) in [7, 11) is 0. The topological polar surface area (TPSA) is 87.7 Å². The quantitative estimate of drug-likeness (QED) is 0.301. The highest BCUT2D eigenvalue weighted by Gasteiger charge is 2.32. The molecule has 2 N–H and O–H groups in total. The van der Waals surface area contributed by atoms with Gasteiger partial charge in [0.15, 0.2) is 0 Å². The lowest BCUT2D eigenvalue weighted by Crippen LogP contribution is -2.47. The van der Waals surface area contributed by atoms with Gasteiger partial charge in [-0.05, 0) is 63.4 Å². The Morgan fingerprint density at radius 1 is 1.11 bits per heavy atom. The number of halogens is 1. The smallest absolute Gasteiger partial charge is 0.408 e. The molecule has 37 heavy (non-hydrogen) atoms. The Morgan fingerprint density at radius 2 is 1.78 bits per heavy atom. The molecule has 0 aliphatic carbocycles. The molecule has 0 saturated carbocycles. The van der Waals surface area contributed by atoms with Crippen LogP contribution in [0.2, 0.25) is 5.02 Å². The van der Waals surface area contributed by atoms with Crippen molar-refractivity contribution >= 4 is 35.2 Å². The monoisotopic (exact) mass is 525 g/mol. The van der Waals surface area contributed by atoms with Crippen LogP contribution >= 0.6 is 11.6 Å². The maximum atomic E-state index is 13.8. The van der Waals surface area contributed by atoms with Gasteiger partial charge in [0.2, 0.25) is 5.91 Å². The van der Waals surface area contributed by atoms with Gasteiger partial charge in [-0.3, -0.25) is 9.59 Å². The van der Waals surface area contributed by atoms with E-state index in [4.69, 9.17) is 22.8 Å². The molecule has 0 fully saturated rings. The number of hydrogen-bond acceptors (Lipinski definition) is 4. The Balaban J connectivity index is 2.43. The van der Waals surface area contributed by atoms with Crippen LogP contribution in [0.3, 0.4) is 0 Å². The number of para-hydroxylation sites is 1. The van der Waals surface area contributed by atoms with Crippen molar-refractivity contribution in [2.45, 2.75) is 65.5 Å². The van der Waals surface area contributed by atoms with E-state index in [0.29, 0.717) is 34.8 Å². The first-order valence-electron chi connectivity index (χ1n) is 12.4. The van der Waals surface area contributed by atoms with Gasteiger partial charge >= 0.3 is 6.09 Å². The number of unbranched alkanes of at least 4 members (excludes halogenated alkanes) is 2. The second-order valence-electron chi connectivity index (χ2n) is 9.74. The summed E-state index contributed by atoms with van der Waals surface area (Å²) in [6.07, 6.45) is 7.30. The average molecular weight is 526 g/mol. The third kappa shape index (κ3) is 9.14. The largest absolute Gasteiger partial charge is 0.444 e. The predicted molar refractivity (Wildman–Crippen MR) is 147 cm³/mol. The zero-order chi connectivity index (χ0) is 27.6. The van der Waals surface area contributed by atoms with Gasteiger partial charge in [0.1, 0.15) is 18.2 Å². The molecule has 0 aliphatic rings. The molecule has 2 aromatic carbocycles. The number of alkyl carbamates (subject to hydrolysis) is 1. The molecule has 1 atom stereocenters. The van der Waals surface area contributed by atoms with E-state index in [1.54, 1.807) is 57.2 Å². The van der Waals surface area contributed by atoms with Crippen LogP contribution in [0, 0.1) is 19.3 Å². The molecule has 0 bridgehead atoms. The van der Waals surface area contributed by atoms with Crippen molar-refractivity contribution in [2.75, 3.05) is 18.4 Å². The molecule has 7 nitrogen and oxygen atoms in total. The van der Waals surface area contributed by atoms with Gasteiger partial charge < -0.3 is 20.3 Å². The van der Waals surface area contributed by atoms with Crippen molar-refractivity contribution in [3.63, 3.8) is 0 Å². The summed E-state index contributed by atoms with van der Waals surface area (Å²) in [6.45, 7) is 9.11. The fraction of sp³-hybridized carbons (Fsp3) is 0.414. The molecule has 0 saturated heterocycles. The minimum Gasteiger partial charge on any atom is -0.444 e. The van der Waals surface area contributed by atoms with Gasteiger partial charge in [-0.15, -0.1) is 6.42 Å². The number of aryl methyl sites for hydroxylation is 1. The van der Waals surface area contributed by atoms with Gasteiger partial charge in [0, 0.05) is 12.1 Å². The third-order valence-electron chi connectivity index (χ3n) is 5.53. The summed E-state index contributed by atoms with van der Waals surface area (Å²) in [5.74, 6) is 1.72. The summed E-state index contributed by atoms with van der Waals surface area (Å²) in [6, 6.07) is 11.3. The van der Waals surface area contributed by atoms with Gasteiger partial charge in [-0.25, -0.2) is 4.79 Å². The normalized spacial score (nSPS) is 11.7. The molecule has 2 aromatic rings. The summed E-state index contributed by atoms with van der Waals surface area (Å²) in [5.41, 5.74) is 1.80. The molecule has 1 unspecified atom stereocenters. The van der Waals surface area contributed by atoms with E-state index in [1.807, 2.05) is 13.0 Å². The van der Waals surface area contributed by atoms with Crippen molar-refractivity contribution in [3.8, 4) is 12.3 Å². The summed E-state index contributed by atoms with van der Waals surface area (Å²) >= 11 is 6.37. The second kappa shape index (κ2) is 13.7. The SMILES string of the molecule is C#Cc1ccc(C(C(=O)Nc2c(C)cccc2Cl)N(CCCCC)C(=O)CNC(=O)OC(C)(C)C)cc1. The zero-order valence-corrected chi connectivity index (χ0v) is 22.9. The van der Waals surface area contributed by atoms with Crippen molar-refractivity contribution in [1.82, 2.24) is 10.2 Å². The molecule has 8 heteroatoms. The van der Waals surface area contributed by atoms with Gasteiger partial charge in [-0.2, -0.15) is 0 Å². The Labute approximate surface area is 224 Å². The molecule has 0 heterocycles. The third-order valence-corrected chi connectivity index (χ3v) is 5.84. The number of ether oxygens (including phenoxy) is 1. The number of nitrogens with zero attached hydrogens (tertiary/aromatic N) is 1. The van der Waals surface area contributed by atoms with Crippen molar-refractivity contribution in [1.29, 1.82) is 0 Å². The van der Waals surface area contributed by atoms with Crippen LogP contribution in [0.1, 0.15) is 69.7 Å². The number of terminal acetylenes is 1. The maximum absolute atomic E-state index is 13.8. The molecule has 0 spiro atoms. The van der Waals surface area contributed by atoms with Crippen LogP contribution in [-0.2, 0) is 14.3 Å². The highest BCUT2D eigenvalue weighted by molar-refractivity contribution is 6.34. The lowest BCUT2D eigenvalue weighted by molar-refractivity contribution is -0.138. The fourth-order valence-electron chi connectivity index (χ4n) is 3.71. The van der Waals surface area contributed by atoms with Crippen molar-refractivity contribution in [2.24, 2.45) is 0 Å². The predicted octanol–water partition coefficient (Wildman–Crippen LogP) is 5.85. The number of nitrogens with one attached hydrogen (secondary N) is 2. The number of amides is 3. The first-order chi connectivity index (χ1) is 17.5. The summed E-state index contributed by atoms with van der Waals surface area (Å²) < 4.78 is 5.26. The van der Waals surface area contributed by atoms with E-state index in [1.165, 1.54) is 4.90 Å². The van der Waals surface area contributed by atoms with Crippen LogP contribution in [0.15, 0.2) is 42.5 Å². The molecule has 198 valence electrons. The lowest BCUT2D eigenvalue weighted by atomic mass is 10.0. The van der Waals surface area contributed by atoms with Gasteiger partial charge in [0.25, 0.3) is 5.91 Å². The number of carbonyl (C=O) groups excluding carboxylic acids is 3. The number of anilines is 1. The van der Waals surface area contributed by atoms with Crippen LogP contribution in [0.5, 0.6) is 0 Å². The van der Waals surface area contributed by atoms with Crippen molar-refractivity contribution in [3.05, 3.63) is 64.2 Å². The molecular weight excluding hydrogens is 490 g/mol. The number of hydrogen-bond donors (Lipinski definition) is 2. The van der Waals surface area contributed by atoms with E-state index >= 15 is 0 Å². The number of benzene rings is 2. The highest BCUT2D eigenvalue weighted by Crippen LogP contribution is 2.29. The Morgan fingerprint density at radius 3 is 2.35 bits per heavy atom. The molecule has 0 aromatic heterocycles. The van der Waals surface area contributed by atoms with Crippen molar-refractivity contribution < 1.29 is 19.1 Å². The average Bonchev–Trinajstić information content (AvgIpc) is 2.83. The molecule has 0 radical (unpaired) electrons. The zero-order valence-electron chi connectivity index (χ0n) is 22.2. The summed E-state index contributed by atoms with van der Waals surface area (Å²) in [4.78, 5) is 40.9. The van der Waals surface area contributed by atoms with E-state index in [-0.39, 0.29) is 6.54 Å². The van der Waals surface area contributed by atoms with E-state index in [0.717, 1.165) is 18.4 Å². The van der Waals surface area contributed by atoms with Gasteiger partial charge in [-0.1, -0.05) is 61.6 Å². The minimum atomic E-state index is -0.979.